The van der Waals surface area contributed by atoms with Gasteiger partial charge in [0.05, 0.1) is 25.4 Å². The van der Waals surface area contributed by atoms with Crippen LogP contribution in [0.1, 0.15) is 16.1 Å². The molecule has 0 bridgehead atoms. The number of carbonyl (C=O) groups excluding carboxylic acids is 2. The first kappa shape index (κ1) is 18.8. The molecule has 26 heavy (non-hydrogen) atoms. The van der Waals surface area contributed by atoms with Crippen molar-refractivity contribution >= 4 is 17.6 Å². The van der Waals surface area contributed by atoms with Gasteiger partial charge in [-0.2, -0.15) is 0 Å². The molecule has 0 spiro atoms. The summed E-state index contributed by atoms with van der Waals surface area (Å²) in [5.74, 6) is -1.25. The van der Waals surface area contributed by atoms with Crippen molar-refractivity contribution in [2.75, 3.05) is 20.8 Å². The molecule has 0 saturated heterocycles. The van der Waals surface area contributed by atoms with Crippen LogP contribution in [0.4, 0.5) is 5.69 Å². The van der Waals surface area contributed by atoms with Gasteiger partial charge in [0.2, 0.25) is 11.5 Å². The van der Waals surface area contributed by atoms with Crippen LogP contribution in [0.2, 0.25) is 0 Å². The fourth-order valence-corrected chi connectivity index (χ4v) is 1.96. The van der Waals surface area contributed by atoms with E-state index in [1.165, 1.54) is 44.7 Å². The Labute approximate surface area is 147 Å². The highest BCUT2D eigenvalue weighted by atomic mass is 16.6. The summed E-state index contributed by atoms with van der Waals surface area (Å²) >= 11 is 0. The van der Waals surface area contributed by atoms with E-state index in [4.69, 9.17) is 18.6 Å². The molecule has 0 fully saturated rings. The molecule has 0 unspecified atom stereocenters. The fraction of sp³-hybridized carbons (Fsp3) is 0.250. The third-order valence-electron chi connectivity index (χ3n) is 3.21. The lowest BCUT2D eigenvalue weighted by Gasteiger charge is -2.08. The molecule has 1 heterocycles. The number of nitro benzene ring substituents is 1. The summed E-state index contributed by atoms with van der Waals surface area (Å²) in [7, 11) is 2.48. The number of carbonyl (C=O) groups is 2. The Hall–Kier alpha value is -3.56. The maximum Gasteiger partial charge on any atom is 0.374 e. The van der Waals surface area contributed by atoms with E-state index < -0.39 is 23.5 Å². The molecule has 0 atom stereocenters. The van der Waals surface area contributed by atoms with Crippen LogP contribution in [-0.4, -0.2) is 37.7 Å². The Morgan fingerprint density at radius 1 is 1.23 bits per heavy atom. The van der Waals surface area contributed by atoms with E-state index in [1.807, 2.05) is 0 Å². The number of nitro groups is 1. The van der Waals surface area contributed by atoms with Gasteiger partial charge in [-0.1, -0.05) is 0 Å². The second kappa shape index (κ2) is 8.51. The molecule has 0 radical (unpaired) electrons. The molecule has 0 aliphatic heterocycles. The van der Waals surface area contributed by atoms with Gasteiger partial charge in [-0.05, 0) is 12.1 Å². The van der Waals surface area contributed by atoms with Crippen molar-refractivity contribution in [3.63, 3.8) is 0 Å². The summed E-state index contributed by atoms with van der Waals surface area (Å²) in [4.78, 5) is 33.4. The predicted molar refractivity (Wildman–Crippen MR) is 85.0 cm³/mol. The van der Waals surface area contributed by atoms with Crippen molar-refractivity contribution in [1.29, 1.82) is 0 Å². The number of rotatable bonds is 8. The first-order valence-electron chi connectivity index (χ1n) is 7.21. The van der Waals surface area contributed by atoms with Crippen LogP contribution in [0, 0.1) is 10.1 Å². The Morgan fingerprint density at radius 3 is 2.65 bits per heavy atom. The van der Waals surface area contributed by atoms with Gasteiger partial charge in [0.1, 0.15) is 12.4 Å². The molecule has 0 aliphatic rings. The molecule has 10 heteroatoms. The van der Waals surface area contributed by atoms with E-state index >= 15 is 0 Å². The monoisotopic (exact) mass is 365 g/mol. The van der Waals surface area contributed by atoms with Crippen molar-refractivity contribution < 1.29 is 37.9 Å². The molecule has 2 aromatic rings. The average Bonchev–Trinajstić information content (AvgIpc) is 3.12. The standard InChI is InChI=1S/C16H15NO9/c1-22-13-7-11(3-4-12(13)17(20)21)25-9-14(18)26-8-10-5-6-24-15(10)16(19)23-2/h3-7H,8-9H2,1-2H3. The largest absolute Gasteiger partial charge is 0.490 e. The van der Waals surface area contributed by atoms with E-state index in [0.29, 0.717) is 5.56 Å². The number of esters is 2. The molecular weight excluding hydrogens is 350 g/mol. The maximum atomic E-state index is 11.8. The molecule has 1 aromatic carbocycles. The number of benzene rings is 1. The molecule has 0 amide bonds. The van der Waals surface area contributed by atoms with Crippen molar-refractivity contribution in [3.8, 4) is 11.5 Å². The summed E-state index contributed by atoms with van der Waals surface area (Å²) in [5.41, 5.74) is 0.125. The van der Waals surface area contributed by atoms with E-state index in [0.717, 1.165) is 0 Å². The highest BCUT2D eigenvalue weighted by molar-refractivity contribution is 5.87. The van der Waals surface area contributed by atoms with Crippen LogP contribution in [-0.2, 0) is 20.9 Å². The molecule has 0 aliphatic carbocycles. The van der Waals surface area contributed by atoms with Crippen molar-refractivity contribution in [1.82, 2.24) is 0 Å². The number of methoxy groups -OCH3 is 2. The molecule has 0 saturated carbocycles. The molecule has 138 valence electrons. The topological polar surface area (TPSA) is 127 Å². The lowest BCUT2D eigenvalue weighted by molar-refractivity contribution is -0.385. The van der Waals surface area contributed by atoms with Crippen LogP contribution in [0.15, 0.2) is 34.9 Å². The number of hydrogen-bond donors (Lipinski definition) is 0. The Morgan fingerprint density at radius 2 is 2.00 bits per heavy atom. The second-order valence-electron chi connectivity index (χ2n) is 4.81. The van der Waals surface area contributed by atoms with Gasteiger partial charge in [-0.25, -0.2) is 9.59 Å². The average molecular weight is 365 g/mol. The normalized spacial score (nSPS) is 10.1. The van der Waals surface area contributed by atoms with E-state index in [1.54, 1.807) is 0 Å². The molecule has 2 rings (SSSR count). The quantitative estimate of drug-likeness (QED) is 0.392. The fourth-order valence-electron chi connectivity index (χ4n) is 1.96. The third kappa shape index (κ3) is 4.50. The van der Waals surface area contributed by atoms with Gasteiger partial charge in [0, 0.05) is 17.7 Å². The van der Waals surface area contributed by atoms with Gasteiger partial charge in [-0.3, -0.25) is 10.1 Å². The van der Waals surface area contributed by atoms with Gasteiger partial charge in [-0.15, -0.1) is 0 Å². The van der Waals surface area contributed by atoms with Crippen LogP contribution in [0.5, 0.6) is 11.5 Å². The summed E-state index contributed by atoms with van der Waals surface area (Å²) in [5, 5.41) is 10.8. The molecular formula is C16H15NO9. The lowest BCUT2D eigenvalue weighted by Crippen LogP contribution is -2.15. The SMILES string of the molecule is COC(=O)c1occc1COC(=O)COc1ccc([N+](=O)[O-])c(OC)c1. The zero-order valence-corrected chi connectivity index (χ0v) is 13.9. The predicted octanol–water partition coefficient (Wildman–Crippen LogP) is 2.11. The van der Waals surface area contributed by atoms with E-state index in [9.17, 15) is 19.7 Å². The minimum absolute atomic E-state index is 0.00184. The summed E-state index contributed by atoms with van der Waals surface area (Å²) in [6.07, 6.45) is 1.27. The van der Waals surface area contributed by atoms with Crippen molar-refractivity contribution in [2.45, 2.75) is 6.61 Å². The number of hydrogen-bond acceptors (Lipinski definition) is 9. The summed E-state index contributed by atoms with van der Waals surface area (Å²) in [6, 6.07) is 5.30. The first-order valence-corrected chi connectivity index (χ1v) is 7.21. The lowest BCUT2D eigenvalue weighted by atomic mass is 10.2. The summed E-state index contributed by atoms with van der Waals surface area (Å²) < 4.78 is 24.6. The van der Waals surface area contributed by atoms with Gasteiger partial charge >= 0.3 is 17.6 Å². The van der Waals surface area contributed by atoms with Gasteiger partial charge < -0.3 is 23.4 Å². The number of nitrogens with zero attached hydrogens (tertiary/aromatic N) is 1. The van der Waals surface area contributed by atoms with E-state index in [2.05, 4.69) is 4.74 Å². The summed E-state index contributed by atoms with van der Waals surface area (Å²) in [6.45, 7) is -0.640. The first-order chi connectivity index (χ1) is 12.5. The number of ether oxygens (including phenoxy) is 4. The van der Waals surface area contributed by atoms with Crippen LogP contribution in [0.3, 0.4) is 0 Å². The molecule has 10 nitrogen and oxygen atoms in total. The van der Waals surface area contributed by atoms with E-state index in [-0.39, 0.29) is 29.6 Å². The van der Waals surface area contributed by atoms with Gasteiger partial charge in [0.15, 0.2) is 6.61 Å². The Balaban J connectivity index is 1.90. The maximum absolute atomic E-state index is 11.8. The van der Waals surface area contributed by atoms with Gasteiger partial charge in [0.25, 0.3) is 0 Å². The van der Waals surface area contributed by atoms with Crippen molar-refractivity contribution in [3.05, 3.63) is 52.0 Å². The minimum atomic E-state index is -0.709. The highest BCUT2D eigenvalue weighted by Gasteiger charge is 2.18. The van der Waals surface area contributed by atoms with Crippen molar-refractivity contribution in [2.24, 2.45) is 0 Å². The zero-order chi connectivity index (χ0) is 19.1. The second-order valence-corrected chi connectivity index (χ2v) is 4.81. The highest BCUT2D eigenvalue weighted by Crippen LogP contribution is 2.30. The minimum Gasteiger partial charge on any atom is -0.490 e. The number of furan rings is 1. The Kier molecular flexibility index (Phi) is 6.15. The molecule has 0 N–H and O–H groups in total. The molecule has 1 aromatic heterocycles. The van der Waals surface area contributed by atoms with Crippen LogP contribution >= 0.6 is 0 Å². The Bertz CT molecular complexity index is 812. The zero-order valence-electron chi connectivity index (χ0n) is 13.9. The van der Waals surface area contributed by atoms with Crippen LogP contribution < -0.4 is 9.47 Å². The smallest absolute Gasteiger partial charge is 0.374 e. The van der Waals surface area contributed by atoms with Crippen LogP contribution in [0.25, 0.3) is 0 Å². The third-order valence-corrected chi connectivity index (χ3v) is 3.21.